The molecule has 4 rings (SSSR count). The van der Waals surface area contributed by atoms with E-state index in [9.17, 15) is 13.2 Å². The van der Waals surface area contributed by atoms with Crippen LogP contribution in [0.4, 0.5) is 5.69 Å². The van der Waals surface area contributed by atoms with Gasteiger partial charge in [-0.1, -0.05) is 6.07 Å². The summed E-state index contributed by atoms with van der Waals surface area (Å²) in [5.74, 6) is 0.369. The first-order chi connectivity index (χ1) is 15.3. The molecule has 1 aliphatic heterocycles. The van der Waals surface area contributed by atoms with Crippen LogP contribution in [0.25, 0.3) is 0 Å². The molecule has 0 spiro atoms. The minimum absolute atomic E-state index is 0.0805. The topological polar surface area (TPSA) is 117 Å². The molecular weight excluding hydrogens is 428 g/mol. The van der Waals surface area contributed by atoms with Crippen LogP contribution >= 0.6 is 0 Å². The molecular formula is C23H26N4O4S. The van der Waals surface area contributed by atoms with Gasteiger partial charge in [-0.25, -0.2) is 13.6 Å². The maximum Gasteiger partial charge on any atom is 0.254 e. The monoisotopic (exact) mass is 454 g/mol. The van der Waals surface area contributed by atoms with Crippen LogP contribution in [0.15, 0.2) is 47.4 Å². The molecule has 2 aromatic rings. The zero-order valence-corrected chi connectivity index (χ0v) is 18.6. The lowest BCUT2D eigenvalue weighted by molar-refractivity contribution is 0.0734. The van der Waals surface area contributed by atoms with Crippen LogP contribution in [-0.4, -0.2) is 52.0 Å². The van der Waals surface area contributed by atoms with E-state index in [1.165, 1.54) is 25.0 Å². The fourth-order valence-corrected chi connectivity index (χ4v) is 4.30. The molecule has 8 nitrogen and oxygen atoms in total. The predicted octanol–water partition coefficient (Wildman–Crippen LogP) is 2.09. The van der Waals surface area contributed by atoms with Crippen molar-refractivity contribution in [1.82, 2.24) is 4.90 Å². The Bertz CT molecular complexity index is 1130. The van der Waals surface area contributed by atoms with Crippen molar-refractivity contribution < 1.29 is 17.9 Å². The smallest absolute Gasteiger partial charge is 0.254 e. The number of carbonyl (C=O) groups excluding carboxylic acids is 1. The Morgan fingerprint density at radius 2 is 1.78 bits per heavy atom. The van der Waals surface area contributed by atoms with E-state index in [1.807, 2.05) is 12.1 Å². The number of piperazine rings is 1. The molecule has 2 aromatic carbocycles. The number of rotatable bonds is 7. The lowest BCUT2D eigenvalue weighted by Gasteiger charge is -2.36. The Kier molecular flexibility index (Phi) is 6.46. The van der Waals surface area contributed by atoms with Gasteiger partial charge < -0.3 is 14.5 Å². The summed E-state index contributed by atoms with van der Waals surface area (Å²) in [7, 11) is -3.92. The molecule has 1 heterocycles. The van der Waals surface area contributed by atoms with Gasteiger partial charge >= 0.3 is 0 Å². The maximum absolute atomic E-state index is 13.3. The van der Waals surface area contributed by atoms with Gasteiger partial charge in [-0.15, -0.1) is 0 Å². The number of anilines is 1. The summed E-state index contributed by atoms with van der Waals surface area (Å²) in [5, 5.41) is 14.3. The van der Waals surface area contributed by atoms with Crippen molar-refractivity contribution in [2.75, 3.05) is 37.7 Å². The molecule has 2 N–H and O–H groups in total. The fourth-order valence-electron chi connectivity index (χ4n) is 3.76. The second kappa shape index (κ2) is 9.28. The largest absolute Gasteiger partial charge is 0.376 e. The minimum Gasteiger partial charge on any atom is -0.376 e. The zero-order valence-electron chi connectivity index (χ0n) is 17.7. The van der Waals surface area contributed by atoms with Crippen molar-refractivity contribution in [3.05, 3.63) is 59.2 Å². The molecule has 1 saturated carbocycles. The molecule has 2 aliphatic rings. The Morgan fingerprint density at radius 1 is 1.09 bits per heavy atom. The fraction of sp³-hybridized carbons (Fsp3) is 0.391. The van der Waals surface area contributed by atoms with Crippen LogP contribution in [0.2, 0.25) is 0 Å². The number of hydrogen-bond acceptors (Lipinski definition) is 6. The van der Waals surface area contributed by atoms with Crippen molar-refractivity contribution >= 4 is 21.6 Å². The van der Waals surface area contributed by atoms with Crippen LogP contribution in [0.5, 0.6) is 0 Å². The van der Waals surface area contributed by atoms with Crippen LogP contribution in [-0.2, 0) is 21.4 Å². The lowest BCUT2D eigenvalue weighted by Crippen LogP contribution is -2.49. The Balaban J connectivity index is 1.47. The van der Waals surface area contributed by atoms with Crippen LogP contribution in [0.3, 0.4) is 0 Å². The molecule has 1 saturated heterocycles. The van der Waals surface area contributed by atoms with Crippen LogP contribution < -0.4 is 10.0 Å². The van der Waals surface area contributed by atoms with Crippen LogP contribution in [0.1, 0.15) is 34.3 Å². The Labute approximate surface area is 188 Å². The summed E-state index contributed by atoms with van der Waals surface area (Å²) in [4.78, 5) is 17.1. The van der Waals surface area contributed by atoms with Gasteiger partial charge in [-0.3, -0.25) is 4.79 Å². The number of carbonyl (C=O) groups is 1. The van der Waals surface area contributed by atoms with E-state index < -0.39 is 10.0 Å². The highest BCUT2D eigenvalue weighted by Crippen LogP contribution is 2.29. The second-order valence-electron chi connectivity index (χ2n) is 8.26. The quantitative estimate of drug-likeness (QED) is 0.685. The summed E-state index contributed by atoms with van der Waals surface area (Å²) < 4.78 is 29.5. The normalized spacial score (nSPS) is 16.6. The van der Waals surface area contributed by atoms with Gasteiger partial charge in [0, 0.05) is 44.0 Å². The summed E-state index contributed by atoms with van der Waals surface area (Å²) in [6, 6.07) is 13.9. The lowest BCUT2D eigenvalue weighted by atomic mass is 10.1. The second-order valence-corrected chi connectivity index (χ2v) is 9.82. The molecule has 0 atom stereocenters. The number of hydrogen-bond donors (Lipinski definition) is 1. The first-order valence-electron chi connectivity index (χ1n) is 10.6. The predicted molar refractivity (Wildman–Crippen MR) is 119 cm³/mol. The first kappa shape index (κ1) is 22.3. The average Bonchev–Trinajstić information content (AvgIpc) is 3.63. The van der Waals surface area contributed by atoms with Gasteiger partial charge in [0.05, 0.1) is 23.1 Å². The van der Waals surface area contributed by atoms with Crippen LogP contribution in [0, 0.1) is 17.2 Å². The van der Waals surface area contributed by atoms with E-state index in [4.69, 9.17) is 15.1 Å². The van der Waals surface area contributed by atoms with Gasteiger partial charge in [0.1, 0.15) is 0 Å². The molecule has 168 valence electrons. The van der Waals surface area contributed by atoms with E-state index in [1.54, 1.807) is 23.1 Å². The van der Waals surface area contributed by atoms with Gasteiger partial charge in [-0.2, -0.15) is 5.26 Å². The molecule has 0 radical (unpaired) electrons. The summed E-state index contributed by atoms with van der Waals surface area (Å²) in [6.45, 7) is 3.18. The first-order valence-corrected chi connectivity index (χ1v) is 12.2. The summed E-state index contributed by atoms with van der Waals surface area (Å²) in [5.41, 5.74) is 2.59. The third-order valence-corrected chi connectivity index (χ3v) is 6.79. The third kappa shape index (κ3) is 5.27. The van der Waals surface area contributed by atoms with Crippen molar-refractivity contribution in [2.45, 2.75) is 24.3 Å². The minimum atomic E-state index is -3.92. The maximum atomic E-state index is 13.3. The van der Waals surface area contributed by atoms with Gasteiger partial charge in [0.15, 0.2) is 0 Å². The highest BCUT2D eigenvalue weighted by atomic mass is 32.2. The number of benzene rings is 2. The summed E-state index contributed by atoms with van der Waals surface area (Å²) in [6.07, 6.45) is 2.33. The molecule has 32 heavy (non-hydrogen) atoms. The number of ether oxygens (including phenoxy) is 1. The zero-order chi connectivity index (χ0) is 22.7. The number of primary sulfonamides is 1. The highest BCUT2D eigenvalue weighted by molar-refractivity contribution is 7.89. The summed E-state index contributed by atoms with van der Waals surface area (Å²) >= 11 is 0. The molecule has 0 bridgehead atoms. The van der Waals surface area contributed by atoms with Gasteiger partial charge in [0.25, 0.3) is 5.91 Å². The van der Waals surface area contributed by atoms with E-state index >= 15 is 0 Å². The van der Waals surface area contributed by atoms with E-state index in [0.29, 0.717) is 55.4 Å². The SMILES string of the molecule is N#Cc1ccc(N2CCN(C(=O)c3cc(S(N)(=O)=O)ccc3COCC3CC3)CC2)cc1. The molecule has 1 amide bonds. The number of nitrogens with two attached hydrogens (primary N) is 1. The molecule has 1 aliphatic carbocycles. The van der Waals surface area contributed by atoms with Crippen molar-refractivity contribution in [3.63, 3.8) is 0 Å². The Hall–Kier alpha value is -2.93. The molecule has 0 aromatic heterocycles. The van der Waals surface area contributed by atoms with E-state index in [-0.39, 0.29) is 17.4 Å². The molecule has 0 unspecified atom stereocenters. The number of nitriles is 1. The Morgan fingerprint density at radius 3 is 2.38 bits per heavy atom. The third-order valence-electron chi connectivity index (χ3n) is 5.88. The standard InChI is InChI=1S/C23H26N4O4S/c24-14-17-3-6-20(7-4-17)26-9-11-27(12-10-26)23(28)22-13-21(32(25,29)30)8-5-19(22)16-31-15-18-1-2-18/h3-8,13,18H,1-2,9-12,15-16H2,(H2,25,29,30). The van der Waals surface area contributed by atoms with E-state index in [0.717, 1.165) is 5.69 Å². The molecule has 2 fully saturated rings. The number of amides is 1. The molecule has 9 heteroatoms. The van der Waals surface area contributed by atoms with Crippen molar-refractivity contribution in [2.24, 2.45) is 11.1 Å². The van der Waals surface area contributed by atoms with Gasteiger partial charge in [0.2, 0.25) is 10.0 Å². The van der Waals surface area contributed by atoms with Crippen molar-refractivity contribution in [3.8, 4) is 6.07 Å². The van der Waals surface area contributed by atoms with E-state index in [2.05, 4.69) is 11.0 Å². The van der Waals surface area contributed by atoms with Crippen molar-refractivity contribution in [1.29, 1.82) is 5.26 Å². The highest BCUT2D eigenvalue weighted by Gasteiger charge is 2.26. The number of sulfonamides is 1. The number of nitrogens with zero attached hydrogens (tertiary/aromatic N) is 3. The average molecular weight is 455 g/mol. The van der Waals surface area contributed by atoms with Gasteiger partial charge in [-0.05, 0) is 60.7 Å².